The molecule has 0 aliphatic carbocycles. The largest absolute Gasteiger partial charge is 0.497 e. The van der Waals surface area contributed by atoms with Gasteiger partial charge in [-0.15, -0.1) is 0 Å². The second-order valence-electron chi connectivity index (χ2n) is 5.59. The Morgan fingerprint density at radius 1 is 1.04 bits per heavy atom. The van der Waals surface area contributed by atoms with E-state index in [0.717, 1.165) is 18.1 Å². The Morgan fingerprint density at radius 3 is 2.48 bits per heavy atom. The smallest absolute Gasteiger partial charge is 0.244 e. The monoisotopic (exact) mass is 395 g/mol. The molecule has 3 N–H and O–H groups in total. The Kier molecular flexibility index (Phi) is 7.19. The van der Waals surface area contributed by atoms with Crippen molar-refractivity contribution in [2.75, 3.05) is 44.5 Å². The van der Waals surface area contributed by atoms with E-state index in [1.807, 2.05) is 19.9 Å². The van der Waals surface area contributed by atoms with Crippen molar-refractivity contribution in [1.82, 2.24) is 14.7 Å². The summed E-state index contributed by atoms with van der Waals surface area (Å²) in [6, 6.07) is 6.38. The number of nitrogens with one attached hydrogen (secondary N) is 3. The maximum absolute atomic E-state index is 12.5. The number of hydrogen-bond donors (Lipinski definition) is 3. The average Bonchev–Trinajstić information content (AvgIpc) is 2.64. The molecular weight excluding hydrogens is 370 g/mol. The van der Waals surface area contributed by atoms with Gasteiger partial charge in [-0.25, -0.2) is 18.1 Å². The lowest BCUT2D eigenvalue weighted by molar-refractivity contribution is 0.386. The summed E-state index contributed by atoms with van der Waals surface area (Å²) >= 11 is 0. The molecule has 1 aromatic heterocycles. The van der Waals surface area contributed by atoms with E-state index in [4.69, 9.17) is 9.47 Å². The molecule has 0 saturated heterocycles. The van der Waals surface area contributed by atoms with E-state index in [2.05, 4.69) is 25.3 Å². The number of aryl methyl sites for hydroxylation is 1. The highest BCUT2D eigenvalue weighted by atomic mass is 32.2. The van der Waals surface area contributed by atoms with Gasteiger partial charge in [-0.1, -0.05) is 0 Å². The van der Waals surface area contributed by atoms with Gasteiger partial charge >= 0.3 is 0 Å². The van der Waals surface area contributed by atoms with Crippen molar-refractivity contribution in [3.63, 3.8) is 0 Å². The highest BCUT2D eigenvalue weighted by Gasteiger charge is 2.19. The summed E-state index contributed by atoms with van der Waals surface area (Å²) in [4.78, 5) is 8.65. The summed E-state index contributed by atoms with van der Waals surface area (Å²) in [6.45, 7) is 5.08. The molecule has 10 heteroatoms. The zero-order chi connectivity index (χ0) is 19.9. The molecule has 0 aliphatic heterocycles. The third-order valence-corrected chi connectivity index (χ3v) is 5.07. The number of rotatable bonds is 10. The van der Waals surface area contributed by atoms with Crippen LogP contribution in [-0.2, 0) is 10.0 Å². The Labute approximate surface area is 159 Å². The topological polar surface area (TPSA) is 114 Å². The fraction of sp³-hybridized carbons (Fsp3) is 0.412. The summed E-state index contributed by atoms with van der Waals surface area (Å²) in [6.07, 6.45) is 0. The van der Waals surface area contributed by atoms with E-state index in [1.54, 1.807) is 6.07 Å². The molecular formula is C17H25N5O4S. The van der Waals surface area contributed by atoms with Crippen LogP contribution in [0, 0.1) is 6.92 Å². The van der Waals surface area contributed by atoms with Crippen LogP contribution in [-0.4, -0.2) is 52.2 Å². The zero-order valence-corrected chi connectivity index (χ0v) is 16.7. The molecule has 0 unspecified atom stereocenters. The molecule has 0 saturated carbocycles. The van der Waals surface area contributed by atoms with Crippen molar-refractivity contribution in [3.8, 4) is 11.5 Å². The maximum atomic E-state index is 12.5. The second-order valence-corrected chi connectivity index (χ2v) is 7.33. The fourth-order valence-corrected chi connectivity index (χ4v) is 3.53. The standard InChI is InChI=1S/C17H25N5O4S/c1-5-18-16-10-12(2)21-17(22-16)19-8-9-20-27(23,24)15-7-6-13(25-3)11-14(15)26-4/h6-7,10-11,20H,5,8-9H2,1-4H3,(H2,18,19,21,22). The van der Waals surface area contributed by atoms with Crippen LogP contribution in [0.3, 0.4) is 0 Å². The van der Waals surface area contributed by atoms with Crippen LogP contribution in [0.2, 0.25) is 0 Å². The Balaban J connectivity index is 1.98. The number of sulfonamides is 1. The molecule has 1 heterocycles. The maximum Gasteiger partial charge on any atom is 0.244 e. The highest BCUT2D eigenvalue weighted by molar-refractivity contribution is 7.89. The lowest BCUT2D eigenvalue weighted by atomic mass is 10.3. The summed E-state index contributed by atoms with van der Waals surface area (Å²) in [5.41, 5.74) is 0.812. The van der Waals surface area contributed by atoms with E-state index in [0.29, 0.717) is 18.2 Å². The van der Waals surface area contributed by atoms with Crippen molar-refractivity contribution >= 4 is 21.8 Å². The number of nitrogens with zero attached hydrogens (tertiary/aromatic N) is 2. The molecule has 9 nitrogen and oxygen atoms in total. The number of methoxy groups -OCH3 is 2. The normalized spacial score (nSPS) is 11.1. The third kappa shape index (κ3) is 5.69. The Hall–Kier alpha value is -2.59. The molecule has 2 rings (SSSR count). The van der Waals surface area contributed by atoms with Crippen LogP contribution in [0.1, 0.15) is 12.6 Å². The molecule has 2 aromatic rings. The van der Waals surface area contributed by atoms with Gasteiger partial charge in [-0.05, 0) is 26.0 Å². The molecule has 27 heavy (non-hydrogen) atoms. The highest BCUT2D eigenvalue weighted by Crippen LogP contribution is 2.28. The van der Waals surface area contributed by atoms with Crippen LogP contribution in [0.25, 0.3) is 0 Å². The van der Waals surface area contributed by atoms with Gasteiger partial charge in [0, 0.05) is 37.5 Å². The quantitative estimate of drug-likeness (QED) is 0.520. The van der Waals surface area contributed by atoms with E-state index in [9.17, 15) is 8.42 Å². The molecule has 0 atom stereocenters. The molecule has 0 amide bonds. The fourth-order valence-electron chi connectivity index (χ4n) is 2.35. The third-order valence-electron chi connectivity index (χ3n) is 3.57. The zero-order valence-electron chi connectivity index (χ0n) is 15.9. The van der Waals surface area contributed by atoms with Gasteiger partial charge in [0.15, 0.2) is 0 Å². The van der Waals surface area contributed by atoms with Crippen molar-refractivity contribution in [2.24, 2.45) is 0 Å². The number of aromatic nitrogens is 2. The molecule has 148 valence electrons. The van der Waals surface area contributed by atoms with Crippen LogP contribution in [0.5, 0.6) is 11.5 Å². The molecule has 0 spiro atoms. The summed E-state index contributed by atoms with van der Waals surface area (Å²) in [5.74, 6) is 1.89. The minimum atomic E-state index is -3.73. The first-order valence-electron chi connectivity index (χ1n) is 8.44. The van der Waals surface area contributed by atoms with Gasteiger partial charge in [0.25, 0.3) is 0 Å². The number of anilines is 2. The summed E-state index contributed by atoms with van der Waals surface area (Å²) < 4.78 is 37.8. The van der Waals surface area contributed by atoms with Gasteiger partial charge in [0.1, 0.15) is 22.2 Å². The van der Waals surface area contributed by atoms with Gasteiger partial charge < -0.3 is 20.1 Å². The second kappa shape index (κ2) is 9.38. The van der Waals surface area contributed by atoms with Crippen molar-refractivity contribution in [3.05, 3.63) is 30.0 Å². The number of benzene rings is 1. The van der Waals surface area contributed by atoms with Crippen LogP contribution >= 0.6 is 0 Å². The van der Waals surface area contributed by atoms with E-state index in [1.165, 1.54) is 26.4 Å². The van der Waals surface area contributed by atoms with Crippen molar-refractivity contribution < 1.29 is 17.9 Å². The lowest BCUT2D eigenvalue weighted by Gasteiger charge is -2.12. The minimum Gasteiger partial charge on any atom is -0.497 e. The van der Waals surface area contributed by atoms with Crippen LogP contribution < -0.4 is 24.8 Å². The van der Waals surface area contributed by atoms with Gasteiger partial charge in [-0.2, -0.15) is 4.98 Å². The summed E-state index contributed by atoms with van der Waals surface area (Å²) in [7, 11) is -0.820. The predicted molar refractivity (Wildman–Crippen MR) is 104 cm³/mol. The Morgan fingerprint density at radius 2 is 1.81 bits per heavy atom. The lowest BCUT2D eigenvalue weighted by Crippen LogP contribution is -2.29. The molecule has 0 radical (unpaired) electrons. The van der Waals surface area contributed by atoms with E-state index in [-0.39, 0.29) is 17.2 Å². The van der Waals surface area contributed by atoms with E-state index < -0.39 is 10.0 Å². The van der Waals surface area contributed by atoms with Gasteiger partial charge in [0.2, 0.25) is 16.0 Å². The number of ether oxygens (including phenoxy) is 2. The van der Waals surface area contributed by atoms with Crippen LogP contribution in [0.15, 0.2) is 29.2 Å². The predicted octanol–water partition coefficient (Wildman–Crippen LogP) is 1.62. The van der Waals surface area contributed by atoms with Crippen LogP contribution in [0.4, 0.5) is 11.8 Å². The van der Waals surface area contributed by atoms with Crippen molar-refractivity contribution in [1.29, 1.82) is 0 Å². The molecule has 0 bridgehead atoms. The van der Waals surface area contributed by atoms with Gasteiger partial charge in [0.05, 0.1) is 14.2 Å². The number of hydrogen-bond acceptors (Lipinski definition) is 8. The molecule has 0 fully saturated rings. The first-order chi connectivity index (χ1) is 12.9. The average molecular weight is 395 g/mol. The molecule has 1 aromatic carbocycles. The van der Waals surface area contributed by atoms with Crippen molar-refractivity contribution in [2.45, 2.75) is 18.7 Å². The summed E-state index contributed by atoms with van der Waals surface area (Å²) in [5, 5.41) is 6.13. The first kappa shape index (κ1) is 20.7. The van der Waals surface area contributed by atoms with Gasteiger partial charge in [-0.3, -0.25) is 0 Å². The Bertz CT molecular complexity index is 874. The van der Waals surface area contributed by atoms with E-state index >= 15 is 0 Å². The first-order valence-corrected chi connectivity index (χ1v) is 9.93. The molecule has 0 aliphatic rings. The minimum absolute atomic E-state index is 0.0482. The SMILES string of the molecule is CCNc1cc(C)nc(NCCNS(=O)(=O)c2ccc(OC)cc2OC)n1.